The van der Waals surface area contributed by atoms with Crippen LogP contribution in [0.1, 0.15) is 91.9 Å². The summed E-state index contributed by atoms with van der Waals surface area (Å²) < 4.78 is 12.1. The molecular formula is C32H42O4. The first-order chi connectivity index (χ1) is 17.0. The molecule has 8 bridgehead atoms. The molecule has 6 unspecified atom stereocenters. The lowest BCUT2D eigenvalue weighted by atomic mass is 9.40. The Morgan fingerprint density at radius 1 is 0.611 bits per heavy atom. The molecule has 0 N–H and O–H groups in total. The summed E-state index contributed by atoms with van der Waals surface area (Å²) in [5.74, 6) is 4.41. The Hall–Kier alpha value is -1.84. The third-order valence-corrected chi connectivity index (χ3v) is 12.8. The highest BCUT2D eigenvalue weighted by molar-refractivity contribution is 5.81. The monoisotopic (exact) mass is 490 g/mol. The molecule has 8 aliphatic rings. The van der Waals surface area contributed by atoms with Crippen molar-refractivity contribution in [3.8, 4) is 11.5 Å². The van der Waals surface area contributed by atoms with Gasteiger partial charge in [-0.25, -0.2) is 0 Å². The Morgan fingerprint density at radius 2 is 0.917 bits per heavy atom. The second kappa shape index (κ2) is 7.38. The molecule has 4 nitrogen and oxygen atoms in total. The lowest BCUT2D eigenvalue weighted by molar-refractivity contribution is -0.188. The van der Waals surface area contributed by atoms with Crippen molar-refractivity contribution in [1.82, 2.24) is 0 Å². The molecule has 36 heavy (non-hydrogen) atoms. The van der Waals surface area contributed by atoms with E-state index in [1.54, 1.807) is 24.3 Å². The minimum atomic E-state index is -0.339. The Kier molecular flexibility index (Phi) is 4.78. The van der Waals surface area contributed by atoms with E-state index in [1.807, 2.05) is 0 Å². The lowest BCUT2D eigenvalue weighted by Crippen LogP contribution is -2.60. The number of hydrogen-bond acceptors (Lipinski definition) is 4. The van der Waals surface area contributed by atoms with Gasteiger partial charge in [0.15, 0.2) is 0 Å². The first-order valence-electron chi connectivity index (χ1n) is 14.6. The second-order valence-corrected chi connectivity index (χ2v) is 14.9. The molecule has 0 heterocycles. The van der Waals surface area contributed by atoms with Crippen LogP contribution in [0.2, 0.25) is 0 Å². The first kappa shape index (κ1) is 23.3. The van der Waals surface area contributed by atoms with E-state index in [9.17, 15) is 9.59 Å². The average Bonchev–Trinajstić information content (AvgIpc) is 2.80. The second-order valence-electron chi connectivity index (χ2n) is 14.9. The number of esters is 2. The van der Waals surface area contributed by atoms with E-state index in [0.717, 1.165) is 25.7 Å². The van der Waals surface area contributed by atoms with Crippen molar-refractivity contribution >= 4 is 11.9 Å². The SMILES string of the molecule is CC1C2(C)CC3CC(C2)CC1(C(=O)Oc1ccc(OC(=O)C24CC5CC(CC(C)(C5)C2C)C4)cc1)C3. The number of carbonyl (C=O) groups is 2. The first-order valence-corrected chi connectivity index (χ1v) is 14.6. The zero-order valence-electron chi connectivity index (χ0n) is 22.5. The van der Waals surface area contributed by atoms with Crippen LogP contribution >= 0.6 is 0 Å². The normalized spacial score (nSPS) is 49.8. The van der Waals surface area contributed by atoms with Gasteiger partial charge >= 0.3 is 11.9 Å². The van der Waals surface area contributed by atoms with Gasteiger partial charge < -0.3 is 9.47 Å². The number of benzene rings is 1. The van der Waals surface area contributed by atoms with Gasteiger partial charge in [-0.3, -0.25) is 9.59 Å². The predicted octanol–water partition coefficient (Wildman–Crippen LogP) is 7.20. The maximum absolute atomic E-state index is 13.6. The van der Waals surface area contributed by atoms with Crippen molar-refractivity contribution in [1.29, 1.82) is 0 Å². The molecule has 8 aliphatic carbocycles. The largest absolute Gasteiger partial charge is 0.426 e. The molecule has 6 atom stereocenters. The molecule has 8 fully saturated rings. The zero-order chi connectivity index (χ0) is 25.1. The van der Waals surface area contributed by atoms with Crippen LogP contribution in [-0.4, -0.2) is 11.9 Å². The van der Waals surface area contributed by atoms with Gasteiger partial charge in [-0.1, -0.05) is 27.7 Å². The van der Waals surface area contributed by atoms with Crippen molar-refractivity contribution in [2.45, 2.75) is 91.9 Å². The quantitative estimate of drug-likeness (QED) is 0.331. The van der Waals surface area contributed by atoms with Gasteiger partial charge in [0.2, 0.25) is 0 Å². The van der Waals surface area contributed by atoms with Gasteiger partial charge in [-0.15, -0.1) is 0 Å². The average molecular weight is 491 g/mol. The van der Waals surface area contributed by atoms with Crippen molar-refractivity contribution in [2.75, 3.05) is 0 Å². The van der Waals surface area contributed by atoms with Gasteiger partial charge in [0.05, 0.1) is 10.8 Å². The molecule has 4 heteroatoms. The minimum Gasteiger partial charge on any atom is -0.426 e. The topological polar surface area (TPSA) is 52.6 Å². The Labute approximate surface area is 215 Å². The molecule has 0 aliphatic heterocycles. The van der Waals surface area contributed by atoms with Gasteiger partial charge in [0.25, 0.3) is 0 Å². The summed E-state index contributed by atoms with van der Waals surface area (Å²) in [6, 6.07) is 7.21. The van der Waals surface area contributed by atoms with E-state index in [0.29, 0.717) is 47.0 Å². The van der Waals surface area contributed by atoms with Crippen LogP contribution in [0.3, 0.4) is 0 Å². The molecule has 1 aromatic carbocycles. The molecule has 8 saturated carbocycles. The standard InChI is InChI=1S/C32H42O4/c1-19-29(3)11-21-9-22(12-29)16-31(19,15-21)27(33)35-25-5-7-26(8-6-25)36-28(34)32-17-23-10-24(18-32)14-30(4,13-23)20(32)2/h5-8,19-24H,9-18H2,1-4H3. The van der Waals surface area contributed by atoms with Gasteiger partial charge in [-0.05, 0) is 135 Å². The van der Waals surface area contributed by atoms with E-state index in [2.05, 4.69) is 27.7 Å². The van der Waals surface area contributed by atoms with Crippen molar-refractivity contribution in [3.63, 3.8) is 0 Å². The maximum Gasteiger partial charge on any atom is 0.317 e. The van der Waals surface area contributed by atoms with Gasteiger partial charge in [-0.2, -0.15) is 0 Å². The van der Waals surface area contributed by atoms with Crippen LogP contribution in [0.5, 0.6) is 11.5 Å². The number of rotatable bonds is 4. The van der Waals surface area contributed by atoms with Crippen LogP contribution in [0.4, 0.5) is 0 Å². The number of carbonyl (C=O) groups excluding carboxylic acids is 2. The molecular weight excluding hydrogens is 448 g/mol. The maximum atomic E-state index is 13.6. The summed E-state index contributed by atoms with van der Waals surface area (Å²) in [5, 5.41) is 0. The highest BCUT2D eigenvalue weighted by Crippen LogP contribution is 2.69. The van der Waals surface area contributed by atoms with E-state index in [4.69, 9.17) is 9.47 Å². The number of ether oxygens (including phenoxy) is 2. The fourth-order valence-corrected chi connectivity index (χ4v) is 11.4. The Balaban J connectivity index is 1.05. The summed E-state index contributed by atoms with van der Waals surface area (Å²) >= 11 is 0. The highest BCUT2D eigenvalue weighted by Gasteiger charge is 2.65. The molecule has 0 spiro atoms. The summed E-state index contributed by atoms with van der Waals surface area (Å²) in [5.41, 5.74) is -0.136. The molecule has 9 rings (SSSR count). The van der Waals surface area contributed by atoms with Crippen LogP contribution in [0.15, 0.2) is 24.3 Å². The fourth-order valence-electron chi connectivity index (χ4n) is 11.4. The van der Waals surface area contributed by atoms with Crippen molar-refractivity contribution in [2.24, 2.45) is 57.2 Å². The molecule has 1 aromatic rings. The zero-order valence-corrected chi connectivity index (χ0v) is 22.5. The van der Waals surface area contributed by atoms with E-state index in [-0.39, 0.29) is 33.6 Å². The highest BCUT2D eigenvalue weighted by atomic mass is 16.5. The van der Waals surface area contributed by atoms with Gasteiger partial charge in [0.1, 0.15) is 11.5 Å². The van der Waals surface area contributed by atoms with Gasteiger partial charge in [0, 0.05) is 0 Å². The van der Waals surface area contributed by atoms with Crippen LogP contribution in [-0.2, 0) is 9.59 Å². The fraction of sp³-hybridized carbons (Fsp3) is 0.750. The molecule has 0 aromatic heterocycles. The van der Waals surface area contributed by atoms with Crippen LogP contribution in [0, 0.1) is 57.2 Å². The number of hydrogen-bond donors (Lipinski definition) is 0. The predicted molar refractivity (Wildman–Crippen MR) is 137 cm³/mol. The molecule has 0 saturated heterocycles. The third-order valence-electron chi connectivity index (χ3n) is 12.8. The van der Waals surface area contributed by atoms with E-state index < -0.39 is 0 Å². The Bertz CT molecular complexity index is 987. The van der Waals surface area contributed by atoms with Crippen molar-refractivity contribution in [3.05, 3.63) is 24.3 Å². The summed E-state index contributed by atoms with van der Waals surface area (Å²) in [4.78, 5) is 27.2. The smallest absolute Gasteiger partial charge is 0.317 e. The minimum absolute atomic E-state index is 0.0456. The third kappa shape index (κ3) is 3.11. The van der Waals surface area contributed by atoms with E-state index in [1.165, 1.54) is 38.5 Å². The van der Waals surface area contributed by atoms with Crippen LogP contribution in [0.25, 0.3) is 0 Å². The summed E-state index contributed by atoms with van der Waals surface area (Å²) in [6.45, 7) is 9.36. The van der Waals surface area contributed by atoms with E-state index >= 15 is 0 Å². The molecule has 0 radical (unpaired) electrons. The lowest BCUT2D eigenvalue weighted by Gasteiger charge is -2.63. The van der Waals surface area contributed by atoms with Crippen LogP contribution < -0.4 is 9.47 Å². The molecule has 0 amide bonds. The summed E-state index contributed by atoms with van der Waals surface area (Å²) in [7, 11) is 0. The Morgan fingerprint density at radius 3 is 1.22 bits per heavy atom. The summed E-state index contributed by atoms with van der Waals surface area (Å²) in [6.07, 6.45) is 11.6. The molecule has 194 valence electrons. The van der Waals surface area contributed by atoms with Crippen molar-refractivity contribution < 1.29 is 19.1 Å².